The van der Waals surface area contributed by atoms with E-state index in [-0.39, 0.29) is 5.56 Å². The molecule has 0 saturated carbocycles. The predicted molar refractivity (Wildman–Crippen MR) is 68.3 cm³/mol. The van der Waals surface area contributed by atoms with Gasteiger partial charge in [0.25, 0.3) is 5.56 Å². The van der Waals surface area contributed by atoms with E-state index >= 15 is 0 Å². The number of rotatable bonds is 2. The lowest BCUT2D eigenvalue weighted by Gasteiger charge is -2.23. The van der Waals surface area contributed by atoms with Crippen molar-refractivity contribution < 1.29 is 4.90 Å². The molecule has 0 unspecified atom stereocenters. The Labute approximate surface area is 105 Å². The summed E-state index contributed by atoms with van der Waals surface area (Å²) in [7, 11) is 0. The fourth-order valence-electron chi connectivity index (χ4n) is 2.55. The molecule has 18 heavy (non-hydrogen) atoms. The number of fused-ring (bicyclic) bond motifs is 1. The number of likely N-dealkylation sites (tertiary alicyclic amines) is 1. The van der Waals surface area contributed by atoms with Crippen LogP contribution >= 0.6 is 0 Å². The first-order valence-electron chi connectivity index (χ1n) is 6.51. The van der Waals surface area contributed by atoms with Crippen LogP contribution in [0.3, 0.4) is 0 Å². The van der Waals surface area contributed by atoms with Crippen LogP contribution in [0.25, 0.3) is 10.9 Å². The fraction of sp³-hybridized carbons (Fsp3) is 0.462. The monoisotopic (exact) mass is 245 g/mol. The summed E-state index contributed by atoms with van der Waals surface area (Å²) in [5, 5.41) is 8.80. The van der Waals surface area contributed by atoms with Gasteiger partial charge in [0.15, 0.2) is 6.67 Å². The molecule has 0 atom stereocenters. The van der Waals surface area contributed by atoms with Gasteiger partial charge in [0.2, 0.25) is 0 Å². The van der Waals surface area contributed by atoms with Crippen molar-refractivity contribution in [2.75, 3.05) is 13.1 Å². The van der Waals surface area contributed by atoms with Gasteiger partial charge in [-0.15, -0.1) is 5.10 Å². The molecule has 2 aromatic rings. The molecule has 1 saturated heterocycles. The third kappa shape index (κ3) is 2.13. The van der Waals surface area contributed by atoms with Crippen molar-refractivity contribution in [1.82, 2.24) is 15.0 Å². The molecule has 1 aliphatic heterocycles. The lowest BCUT2D eigenvalue weighted by molar-refractivity contribution is -0.928. The molecule has 94 valence electrons. The van der Waals surface area contributed by atoms with Gasteiger partial charge in [-0.2, -0.15) is 4.68 Å². The Morgan fingerprint density at radius 1 is 1.17 bits per heavy atom. The number of aromatic nitrogens is 3. The van der Waals surface area contributed by atoms with Crippen molar-refractivity contribution >= 4 is 10.9 Å². The highest BCUT2D eigenvalue weighted by atomic mass is 16.1. The third-order valence-corrected chi connectivity index (χ3v) is 3.56. The molecule has 1 fully saturated rings. The van der Waals surface area contributed by atoms with Crippen molar-refractivity contribution in [2.24, 2.45) is 0 Å². The number of nitrogens with one attached hydrogen (secondary N) is 1. The lowest BCUT2D eigenvalue weighted by Crippen LogP contribution is -3.12. The second-order valence-electron chi connectivity index (χ2n) is 4.88. The highest BCUT2D eigenvalue weighted by molar-refractivity contribution is 5.76. The number of hydrogen-bond acceptors (Lipinski definition) is 3. The average Bonchev–Trinajstić information content (AvgIpc) is 2.43. The van der Waals surface area contributed by atoms with E-state index in [0.717, 1.165) is 13.1 Å². The average molecular weight is 245 g/mol. The van der Waals surface area contributed by atoms with Crippen LogP contribution in [-0.2, 0) is 6.67 Å². The number of nitrogens with zero attached hydrogens (tertiary/aromatic N) is 3. The van der Waals surface area contributed by atoms with Crippen molar-refractivity contribution in [3.05, 3.63) is 34.6 Å². The van der Waals surface area contributed by atoms with Gasteiger partial charge in [0.05, 0.1) is 18.5 Å². The summed E-state index contributed by atoms with van der Waals surface area (Å²) in [5.74, 6) is 0. The molecule has 1 N–H and O–H groups in total. The van der Waals surface area contributed by atoms with Gasteiger partial charge >= 0.3 is 0 Å². The zero-order chi connectivity index (χ0) is 12.4. The Hall–Kier alpha value is -1.75. The molecule has 1 aromatic carbocycles. The summed E-state index contributed by atoms with van der Waals surface area (Å²) in [5.41, 5.74) is 0.645. The minimum absolute atomic E-state index is 0.0290. The van der Waals surface area contributed by atoms with E-state index < -0.39 is 0 Å². The first-order chi connectivity index (χ1) is 8.84. The third-order valence-electron chi connectivity index (χ3n) is 3.56. The largest absolute Gasteiger partial charge is 0.316 e. The molecule has 0 spiro atoms. The van der Waals surface area contributed by atoms with Gasteiger partial charge < -0.3 is 4.90 Å². The van der Waals surface area contributed by atoms with Crippen LogP contribution in [0.1, 0.15) is 19.3 Å². The molecular formula is C13H17N4O+. The minimum Gasteiger partial charge on any atom is -0.316 e. The number of piperidine rings is 1. The van der Waals surface area contributed by atoms with Gasteiger partial charge in [-0.25, -0.2) is 0 Å². The Kier molecular flexibility index (Phi) is 3.06. The van der Waals surface area contributed by atoms with E-state index in [4.69, 9.17) is 0 Å². The topological polar surface area (TPSA) is 52.2 Å². The van der Waals surface area contributed by atoms with Crippen LogP contribution in [0.5, 0.6) is 0 Å². The highest BCUT2D eigenvalue weighted by Gasteiger charge is 2.15. The molecule has 2 heterocycles. The maximum atomic E-state index is 12.2. The van der Waals surface area contributed by atoms with Crippen LogP contribution in [0.4, 0.5) is 0 Å². The van der Waals surface area contributed by atoms with Crippen LogP contribution in [0, 0.1) is 0 Å². The van der Waals surface area contributed by atoms with E-state index in [0.29, 0.717) is 17.6 Å². The molecular weight excluding hydrogens is 228 g/mol. The summed E-state index contributed by atoms with van der Waals surface area (Å²) in [6.45, 7) is 2.89. The molecule has 1 aliphatic rings. The normalized spacial score (nSPS) is 17.1. The smallest absolute Gasteiger partial charge is 0.282 e. The molecule has 0 bridgehead atoms. The maximum Gasteiger partial charge on any atom is 0.282 e. The molecule has 0 aliphatic carbocycles. The summed E-state index contributed by atoms with van der Waals surface area (Å²) in [6, 6.07) is 7.37. The Balaban J connectivity index is 1.92. The van der Waals surface area contributed by atoms with E-state index in [1.165, 1.54) is 28.8 Å². The SMILES string of the molecule is O=c1c2ccccc2nnn1C[NH+]1CCCCC1. The van der Waals surface area contributed by atoms with Gasteiger partial charge in [0, 0.05) is 0 Å². The Bertz CT molecular complexity index is 601. The minimum atomic E-state index is -0.0290. The Morgan fingerprint density at radius 3 is 2.78 bits per heavy atom. The first-order valence-corrected chi connectivity index (χ1v) is 6.51. The molecule has 0 amide bonds. The van der Waals surface area contributed by atoms with Crippen LogP contribution in [0.15, 0.2) is 29.1 Å². The summed E-state index contributed by atoms with van der Waals surface area (Å²) in [6.07, 6.45) is 3.79. The summed E-state index contributed by atoms with van der Waals surface area (Å²) in [4.78, 5) is 13.7. The maximum absolute atomic E-state index is 12.2. The second-order valence-corrected chi connectivity index (χ2v) is 4.88. The number of quaternary nitrogens is 1. The zero-order valence-corrected chi connectivity index (χ0v) is 10.3. The fourth-order valence-corrected chi connectivity index (χ4v) is 2.55. The molecule has 1 aromatic heterocycles. The molecule has 5 nitrogen and oxygen atoms in total. The van der Waals surface area contributed by atoms with Crippen LogP contribution in [0.2, 0.25) is 0 Å². The predicted octanol–water partition coefficient (Wildman–Crippen LogP) is -0.182. The molecule has 3 rings (SSSR count). The van der Waals surface area contributed by atoms with Gasteiger partial charge in [-0.1, -0.05) is 17.3 Å². The standard InChI is InChI=1S/C13H16N4O/c18-13-11-6-2-3-7-12(11)14-15-17(13)10-16-8-4-1-5-9-16/h2-3,6-7H,1,4-5,8-10H2/p+1. The first kappa shape index (κ1) is 11.3. The highest BCUT2D eigenvalue weighted by Crippen LogP contribution is 2.02. The van der Waals surface area contributed by atoms with E-state index in [1.807, 2.05) is 24.3 Å². The zero-order valence-electron chi connectivity index (χ0n) is 10.3. The van der Waals surface area contributed by atoms with Crippen molar-refractivity contribution in [3.63, 3.8) is 0 Å². The van der Waals surface area contributed by atoms with E-state index in [2.05, 4.69) is 10.3 Å². The lowest BCUT2D eigenvalue weighted by atomic mass is 10.1. The summed E-state index contributed by atoms with van der Waals surface area (Å²) < 4.78 is 1.50. The van der Waals surface area contributed by atoms with E-state index in [1.54, 1.807) is 0 Å². The quantitative estimate of drug-likeness (QED) is 0.798. The Morgan fingerprint density at radius 2 is 1.94 bits per heavy atom. The van der Waals surface area contributed by atoms with Gasteiger partial charge in [-0.3, -0.25) is 4.79 Å². The van der Waals surface area contributed by atoms with Crippen molar-refractivity contribution in [3.8, 4) is 0 Å². The van der Waals surface area contributed by atoms with Crippen molar-refractivity contribution in [1.29, 1.82) is 0 Å². The van der Waals surface area contributed by atoms with Gasteiger partial charge in [-0.05, 0) is 31.4 Å². The summed E-state index contributed by atoms with van der Waals surface area (Å²) >= 11 is 0. The number of benzene rings is 1. The van der Waals surface area contributed by atoms with Crippen LogP contribution < -0.4 is 10.5 Å². The van der Waals surface area contributed by atoms with Crippen LogP contribution in [-0.4, -0.2) is 28.1 Å². The molecule has 0 radical (unpaired) electrons. The van der Waals surface area contributed by atoms with Gasteiger partial charge in [0.1, 0.15) is 5.52 Å². The second kappa shape index (κ2) is 4.86. The van der Waals surface area contributed by atoms with E-state index in [9.17, 15) is 4.79 Å². The molecule has 5 heteroatoms. The van der Waals surface area contributed by atoms with Crippen molar-refractivity contribution in [2.45, 2.75) is 25.9 Å². The number of hydrogen-bond donors (Lipinski definition) is 1.